The lowest BCUT2D eigenvalue weighted by Gasteiger charge is -2.35. The van der Waals surface area contributed by atoms with E-state index in [4.69, 9.17) is 8.92 Å². The number of carbonyl (C=O) groups excluding carboxylic acids is 1. The first-order chi connectivity index (χ1) is 11.7. The Kier molecular flexibility index (Phi) is 6.32. The van der Waals surface area contributed by atoms with Gasteiger partial charge in [0.1, 0.15) is 0 Å². The van der Waals surface area contributed by atoms with Crippen LogP contribution in [0.3, 0.4) is 0 Å². The Balaban J connectivity index is 2.25. The van der Waals surface area contributed by atoms with Gasteiger partial charge in [-0.1, -0.05) is 19.4 Å². The molecule has 6 nitrogen and oxygen atoms in total. The Labute approximate surface area is 150 Å². The van der Waals surface area contributed by atoms with Gasteiger partial charge in [-0.15, -0.1) is 0 Å². The topological polar surface area (TPSA) is 72.9 Å². The van der Waals surface area contributed by atoms with E-state index in [9.17, 15) is 13.2 Å². The first-order valence-corrected chi connectivity index (χ1v) is 10.4. The molecular formula is C18H27NO5S. The molecule has 1 saturated carbocycles. The van der Waals surface area contributed by atoms with E-state index in [1.165, 1.54) is 7.11 Å². The van der Waals surface area contributed by atoms with Gasteiger partial charge in [-0.05, 0) is 43.9 Å². The van der Waals surface area contributed by atoms with Crippen molar-refractivity contribution >= 4 is 16.0 Å². The molecule has 0 aliphatic heterocycles. The van der Waals surface area contributed by atoms with Crippen molar-refractivity contribution in [3.8, 4) is 11.5 Å². The molecule has 0 N–H and O–H groups in total. The summed E-state index contributed by atoms with van der Waals surface area (Å²) in [5.41, 5.74) is 0.812. The van der Waals surface area contributed by atoms with Gasteiger partial charge in [-0.2, -0.15) is 8.42 Å². The Morgan fingerprint density at radius 1 is 1.32 bits per heavy atom. The third-order valence-electron chi connectivity index (χ3n) is 4.68. The number of rotatable bonds is 8. The average molecular weight is 369 g/mol. The molecule has 2 rings (SSSR count). The second-order valence-corrected chi connectivity index (χ2v) is 8.20. The van der Waals surface area contributed by atoms with Gasteiger partial charge in [-0.3, -0.25) is 4.79 Å². The van der Waals surface area contributed by atoms with Crippen LogP contribution in [-0.2, 0) is 21.5 Å². The molecule has 1 atom stereocenters. The quantitative estimate of drug-likeness (QED) is 0.659. The molecular weight excluding hydrogens is 342 g/mol. The summed E-state index contributed by atoms with van der Waals surface area (Å²) in [7, 11) is -2.21. The van der Waals surface area contributed by atoms with E-state index in [0.29, 0.717) is 12.3 Å². The summed E-state index contributed by atoms with van der Waals surface area (Å²) < 4.78 is 33.1. The second-order valence-electron chi connectivity index (χ2n) is 6.62. The molecule has 1 aliphatic carbocycles. The minimum Gasteiger partial charge on any atom is -0.493 e. The molecule has 7 heteroatoms. The summed E-state index contributed by atoms with van der Waals surface area (Å²) in [5.74, 6) is 0.790. The molecule has 0 spiro atoms. The fourth-order valence-corrected chi connectivity index (χ4v) is 3.26. The Morgan fingerprint density at radius 2 is 2.00 bits per heavy atom. The van der Waals surface area contributed by atoms with Crippen molar-refractivity contribution in [2.75, 3.05) is 13.4 Å². The van der Waals surface area contributed by atoms with Crippen molar-refractivity contribution in [1.82, 2.24) is 4.90 Å². The highest BCUT2D eigenvalue weighted by Gasteiger charge is 2.31. The first-order valence-electron chi connectivity index (χ1n) is 8.62. The zero-order valence-corrected chi connectivity index (χ0v) is 16.1. The minimum absolute atomic E-state index is 0.120. The summed E-state index contributed by atoms with van der Waals surface area (Å²) in [6, 6.07) is 5.24. The zero-order chi connectivity index (χ0) is 18.6. The van der Waals surface area contributed by atoms with Gasteiger partial charge >= 0.3 is 10.1 Å². The number of methoxy groups -OCH3 is 1. The monoisotopic (exact) mass is 369 g/mol. The van der Waals surface area contributed by atoms with Crippen LogP contribution in [0.4, 0.5) is 0 Å². The van der Waals surface area contributed by atoms with E-state index in [-0.39, 0.29) is 23.6 Å². The minimum atomic E-state index is -3.66. The lowest BCUT2D eigenvalue weighted by molar-refractivity contribution is -0.141. The molecule has 1 aromatic rings. The highest BCUT2D eigenvalue weighted by atomic mass is 32.2. The van der Waals surface area contributed by atoms with Gasteiger partial charge in [0, 0.05) is 18.5 Å². The summed E-state index contributed by atoms with van der Waals surface area (Å²) in [4.78, 5) is 14.6. The fourth-order valence-electron chi connectivity index (χ4n) is 2.81. The number of ether oxygens (including phenoxy) is 1. The van der Waals surface area contributed by atoms with Crippen LogP contribution >= 0.6 is 0 Å². The largest absolute Gasteiger partial charge is 0.493 e. The number of hydrogen-bond acceptors (Lipinski definition) is 5. The number of benzene rings is 1. The van der Waals surface area contributed by atoms with Crippen LogP contribution < -0.4 is 8.92 Å². The van der Waals surface area contributed by atoms with Gasteiger partial charge in [0.15, 0.2) is 11.5 Å². The Morgan fingerprint density at radius 3 is 2.48 bits per heavy atom. The first kappa shape index (κ1) is 19.6. The van der Waals surface area contributed by atoms with Crippen molar-refractivity contribution < 1.29 is 22.1 Å². The molecule has 0 aromatic heterocycles. The van der Waals surface area contributed by atoms with E-state index in [1.807, 2.05) is 17.9 Å². The van der Waals surface area contributed by atoms with Crippen molar-refractivity contribution in [3.63, 3.8) is 0 Å². The molecule has 1 unspecified atom stereocenters. The maximum atomic E-state index is 12.7. The Hall–Kier alpha value is -1.76. The number of amides is 1. The summed E-state index contributed by atoms with van der Waals surface area (Å²) in [6.07, 6.45) is 4.87. The molecule has 1 aliphatic rings. The molecule has 0 radical (unpaired) electrons. The lowest BCUT2D eigenvalue weighted by Crippen LogP contribution is -2.43. The second kappa shape index (κ2) is 8.08. The third kappa shape index (κ3) is 5.11. The number of nitrogens with zero attached hydrogens (tertiary/aromatic N) is 1. The summed E-state index contributed by atoms with van der Waals surface area (Å²) >= 11 is 0. The van der Waals surface area contributed by atoms with Gasteiger partial charge < -0.3 is 13.8 Å². The fraction of sp³-hybridized carbons (Fsp3) is 0.611. The molecule has 1 aromatic carbocycles. The number of hydrogen-bond donors (Lipinski definition) is 0. The highest BCUT2D eigenvalue weighted by Crippen LogP contribution is 2.32. The van der Waals surface area contributed by atoms with Gasteiger partial charge in [0.05, 0.1) is 13.4 Å². The van der Waals surface area contributed by atoms with E-state index >= 15 is 0 Å². The van der Waals surface area contributed by atoms with Crippen LogP contribution in [0.5, 0.6) is 11.5 Å². The lowest BCUT2D eigenvalue weighted by atomic mass is 9.84. The van der Waals surface area contributed by atoms with Crippen molar-refractivity contribution in [3.05, 3.63) is 23.8 Å². The van der Waals surface area contributed by atoms with Crippen molar-refractivity contribution in [2.45, 2.75) is 52.1 Å². The average Bonchev–Trinajstić information content (AvgIpc) is 2.48. The normalized spacial score (nSPS) is 16.0. The SMILES string of the molecule is CCC(C)N(Cc1ccc(OC)c(OS(C)(=O)=O)c1)C(=O)C1CCC1. The summed E-state index contributed by atoms with van der Waals surface area (Å²) in [6.45, 7) is 4.51. The molecule has 0 heterocycles. The maximum Gasteiger partial charge on any atom is 0.306 e. The molecule has 1 amide bonds. The Bertz CT molecular complexity index is 712. The van der Waals surface area contributed by atoms with Crippen LogP contribution in [0.2, 0.25) is 0 Å². The van der Waals surface area contributed by atoms with E-state index in [1.54, 1.807) is 12.1 Å². The number of carbonyl (C=O) groups is 1. The third-order valence-corrected chi connectivity index (χ3v) is 5.16. The van der Waals surface area contributed by atoms with Crippen molar-refractivity contribution in [1.29, 1.82) is 0 Å². The van der Waals surface area contributed by atoms with Crippen LogP contribution in [0, 0.1) is 5.92 Å². The molecule has 1 fully saturated rings. The molecule has 0 saturated heterocycles. The maximum absolute atomic E-state index is 12.7. The molecule has 140 valence electrons. The van der Waals surface area contributed by atoms with Crippen LogP contribution in [0.1, 0.15) is 45.1 Å². The standard InChI is InChI=1S/C18H27NO5S/c1-5-13(2)19(18(20)15-7-6-8-15)12-14-9-10-16(23-3)17(11-14)24-25(4,21)22/h9-11,13,15H,5-8,12H2,1-4H3. The zero-order valence-electron chi connectivity index (χ0n) is 15.3. The van der Waals surface area contributed by atoms with Crippen LogP contribution in [0.25, 0.3) is 0 Å². The van der Waals surface area contributed by atoms with E-state index in [0.717, 1.165) is 37.5 Å². The van der Waals surface area contributed by atoms with Gasteiger partial charge in [0.25, 0.3) is 0 Å². The van der Waals surface area contributed by atoms with E-state index in [2.05, 4.69) is 6.92 Å². The molecule has 25 heavy (non-hydrogen) atoms. The van der Waals surface area contributed by atoms with E-state index < -0.39 is 10.1 Å². The predicted octanol–water partition coefficient (Wildman–Crippen LogP) is 2.96. The van der Waals surface area contributed by atoms with Gasteiger partial charge in [0.2, 0.25) is 5.91 Å². The smallest absolute Gasteiger partial charge is 0.306 e. The predicted molar refractivity (Wildman–Crippen MR) is 96.1 cm³/mol. The highest BCUT2D eigenvalue weighted by molar-refractivity contribution is 7.86. The van der Waals surface area contributed by atoms with Crippen LogP contribution in [-0.4, -0.2) is 38.6 Å². The summed E-state index contributed by atoms with van der Waals surface area (Å²) in [5, 5.41) is 0. The van der Waals surface area contributed by atoms with Gasteiger partial charge in [-0.25, -0.2) is 0 Å². The molecule has 0 bridgehead atoms. The van der Waals surface area contributed by atoms with Crippen molar-refractivity contribution in [2.24, 2.45) is 5.92 Å². The van der Waals surface area contributed by atoms with Crippen LogP contribution in [0.15, 0.2) is 18.2 Å².